The number of fused-ring (bicyclic) bond motifs is 3. The molecule has 1 amide bonds. The largest absolute Gasteiger partial charge is 0.462 e. The fourth-order valence-electron chi connectivity index (χ4n) is 4.10. The Morgan fingerprint density at radius 2 is 1.71 bits per heavy atom. The van der Waals surface area contributed by atoms with Crippen LogP contribution in [-0.2, 0) is 4.74 Å². The van der Waals surface area contributed by atoms with E-state index in [1.54, 1.807) is 38.1 Å². The SMILES string of the molecule is CCOC(=O)c1c(C)nc2sc3c(c2c1-c1ccc(Cl)cc1)NC(c1ccc(Cl)cc1)NC3=O. The fourth-order valence-corrected chi connectivity index (χ4v) is 5.45. The number of nitrogens with zero attached hydrogens (tertiary/aromatic N) is 1. The number of carbonyl (C=O) groups is 2. The van der Waals surface area contributed by atoms with E-state index in [2.05, 4.69) is 15.6 Å². The van der Waals surface area contributed by atoms with Crippen LogP contribution in [0.15, 0.2) is 48.5 Å². The molecule has 0 aliphatic carbocycles. The van der Waals surface area contributed by atoms with E-state index < -0.39 is 12.1 Å². The van der Waals surface area contributed by atoms with Gasteiger partial charge in [-0.15, -0.1) is 11.3 Å². The van der Waals surface area contributed by atoms with Crippen molar-refractivity contribution < 1.29 is 14.3 Å². The van der Waals surface area contributed by atoms with E-state index in [1.165, 1.54) is 11.3 Å². The molecule has 4 aromatic rings. The number of anilines is 1. The zero-order chi connectivity index (χ0) is 24.0. The van der Waals surface area contributed by atoms with E-state index >= 15 is 0 Å². The van der Waals surface area contributed by atoms with Gasteiger partial charge in [-0.1, -0.05) is 47.5 Å². The van der Waals surface area contributed by atoms with Crippen molar-refractivity contribution in [2.45, 2.75) is 20.0 Å². The quantitative estimate of drug-likeness (QED) is 0.301. The number of hydrogen-bond donors (Lipinski definition) is 2. The Hall–Kier alpha value is -3.13. The zero-order valence-electron chi connectivity index (χ0n) is 18.2. The highest BCUT2D eigenvalue weighted by molar-refractivity contribution is 7.21. The van der Waals surface area contributed by atoms with Crippen molar-refractivity contribution in [3.63, 3.8) is 0 Å². The van der Waals surface area contributed by atoms with Gasteiger partial charge in [-0.2, -0.15) is 0 Å². The lowest BCUT2D eigenvalue weighted by atomic mass is 9.94. The van der Waals surface area contributed by atoms with Gasteiger partial charge in [0.15, 0.2) is 0 Å². The summed E-state index contributed by atoms with van der Waals surface area (Å²) in [6.07, 6.45) is -0.472. The van der Waals surface area contributed by atoms with Crippen LogP contribution < -0.4 is 10.6 Å². The van der Waals surface area contributed by atoms with Crippen LogP contribution >= 0.6 is 34.5 Å². The zero-order valence-corrected chi connectivity index (χ0v) is 20.6. The summed E-state index contributed by atoms with van der Waals surface area (Å²) < 4.78 is 5.37. The van der Waals surface area contributed by atoms with E-state index in [1.807, 2.05) is 24.3 Å². The Morgan fingerprint density at radius 3 is 2.35 bits per heavy atom. The molecule has 3 heterocycles. The molecule has 9 heteroatoms. The number of aryl methyl sites for hydroxylation is 1. The molecule has 0 spiro atoms. The minimum absolute atomic E-state index is 0.214. The molecule has 1 aliphatic rings. The molecule has 2 aromatic heterocycles. The lowest BCUT2D eigenvalue weighted by molar-refractivity contribution is 0.0526. The lowest BCUT2D eigenvalue weighted by Gasteiger charge is -2.27. The van der Waals surface area contributed by atoms with Crippen molar-refractivity contribution >= 4 is 62.3 Å². The van der Waals surface area contributed by atoms with Crippen LogP contribution in [0.25, 0.3) is 21.3 Å². The molecule has 1 unspecified atom stereocenters. The molecule has 0 bridgehead atoms. The van der Waals surface area contributed by atoms with Gasteiger partial charge >= 0.3 is 5.97 Å². The molecule has 0 radical (unpaired) electrons. The fraction of sp³-hybridized carbons (Fsp3) is 0.160. The number of halogens is 2. The first-order chi connectivity index (χ1) is 16.4. The summed E-state index contributed by atoms with van der Waals surface area (Å²) in [4.78, 5) is 32.0. The topological polar surface area (TPSA) is 80.3 Å². The summed E-state index contributed by atoms with van der Waals surface area (Å²) in [5, 5.41) is 8.32. The number of carbonyl (C=O) groups excluding carboxylic acids is 2. The van der Waals surface area contributed by atoms with Crippen LogP contribution in [0.5, 0.6) is 0 Å². The molecule has 6 nitrogen and oxygen atoms in total. The van der Waals surface area contributed by atoms with Gasteiger partial charge in [0.2, 0.25) is 0 Å². The molecule has 0 fully saturated rings. The molecule has 0 saturated carbocycles. The standard InChI is InChI=1S/C25H19Cl2N3O3S/c1-3-33-25(32)17-12(2)28-24-19(18(17)13-4-8-15(26)9-5-13)20-21(34-24)23(31)30-22(29-20)14-6-10-16(27)11-7-14/h4-11,22,29H,3H2,1-2H3,(H,30,31). The molecule has 1 aliphatic heterocycles. The molecule has 172 valence electrons. The number of ether oxygens (including phenoxy) is 1. The third-order valence-corrected chi connectivity index (χ3v) is 7.19. The predicted octanol–water partition coefficient (Wildman–Crippen LogP) is 6.61. The molecule has 2 N–H and O–H groups in total. The van der Waals surface area contributed by atoms with Crippen LogP contribution in [0.4, 0.5) is 5.69 Å². The van der Waals surface area contributed by atoms with E-state index in [9.17, 15) is 9.59 Å². The molecule has 1 atom stereocenters. The second-order valence-corrected chi connectivity index (χ2v) is 9.64. The number of aromatic nitrogens is 1. The highest BCUT2D eigenvalue weighted by Crippen LogP contribution is 2.46. The number of thiophene rings is 1. The maximum Gasteiger partial charge on any atom is 0.340 e. The molecule has 2 aromatic carbocycles. The average molecular weight is 512 g/mol. The highest BCUT2D eigenvalue weighted by atomic mass is 35.5. The van der Waals surface area contributed by atoms with Gasteiger partial charge in [0.25, 0.3) is 5.91 Å². The Balaban J connectivity index is 1.77. The van der Waals surface area contributed by atoms with Crippen LogP contribution in [0, 0.1) is 6.92 Å². The maximum absolute atomic E-state index is 13.1. The smallest absolute Gasteiger partial charge is 0.340 e. The van der Waals surface area contributed by atoms with Crippen LogP contribution in [0.3, 0.4) is 0 Å². The summed E-state index contributed by atoms with van der Waals surface area (Å²) in [6.45, 7) is 3.77. The van der Waals surface area contributed by atoms with Crippen molar-refractivity contribution in [1.29, 1.82) is 0 Å². The van der Waals surface area contributed by atoms with Gasteiger partial charge in [0.05, 0.1) is 23.6 Å². The first kappa shape index (κ1) is 22.7. The number of nitrogens with one attached hydrogen (secondary N) is 2. The number of benzene rings is 2. The molecule has 0 saturated heterocycles. The first-order valence-corrected chi connectivity index (χ1v) is 12.2. The van der Waals surface area contributed by atoms with Gasteiger partial charge in [0.1, 0.15) is 15.9 Å². The molecular weight excluding hydrogens is 493 g/mol. The minimum Gasteiger partial charge on any atom is -0.462 e. The van der Waals surface area contributed by atoms with Crippen LogP contribution in [0.1, 0.15) is 44.4 Å². The van der Waals surface area contributed by atoms with E-state index in [-0.39, 0.29) is 12.5 Å². The monoisotopic (exact) mass is 511 g/mol. The average Bonchev–Trinajstić information content (AvgIpc) is 3.18. The summed E-state index contributed by atoms with van der Waals surface area (Å²) in [7, 11) is 0. The number of esters is 1. The van der Waals surface area contributed by atoms with Gasteiger partial charge in [0, 0.05) is 21.0 Å². The summed E-state index contributed by atoms with van der Waals surface area (Å²) in [5.41, 5.74) is 3.82. The van der Waals surface area contributed by atoms with Gasteiger partial charge in [-0.05, 0) is 49.2 Å². The van der Waals surface area contributed by atoms with E-state index in [4.69, 9.17) is 27.9 Å². The number of hydrogen-bond acceptors (Lipinski definition) is 6. The Kier molecular flexibility index (Phi) is 5.93. The number of rotatable bonds is 4. The third-order valence-electron chi connectivity index (χ3n) is 5.61. The van der Waals surface area contributed by atoms with Gasteiger partial charge < -0.3 is 15.4 Å². The Morgan fingerprint density at radius 1 is 1.06 bits per heavy atom. The minimum atomic E-state index is -0.472. The predicted molar refractivity (Wildman–Crippen MR) is 136 cm³/mol. The Labute approximate surface area is 209 Å². The normalized spacial score (nSPS) is 14.9. The van der Waals surface area contributed by atoms with Crippen molar-refractivity contribution in [3.8, 4) is 11.1 Å². The molecule has 34 heavy (non-hydrogen) atoms. The lowest BCUT2D eigenvalue weighted by Crippen LogP contribution is -2.37. The van der Waals surface area contributed by atoms with Gasteiger partial charge in [-0.3, -0.25) is 4.79 Å². The van der Waals surface area contributed by atoms with Crippen molar-refractivity contribution in [2.24, 2.45) is 0 Å². The van der Waals surface area contributed by atoms with E-state index in [0.717, 1.165) is 11.1 Å². The molecular formula is C25H19Cl2N3O3S. The first-order valence-electron chi connectivity index (χ1n) is 10.6. The van der Waals surface area contributed by atoms with Crippen molar-refractivity contribution in [3.05, 3.63) is 80.3 Å². The maximum atomic E-state index is 13.1. The second-order valence-electron chi connectivity index (χ2n) is 7.76. The Bertz CT molecular complexity index is 1430. The summed E-state index contributed by atoms with van der Waals surface area (Å²) in [5.74, 6) is -0.678. The van der Waals surface area contributed by atoms with Crippen molar-refractivity contribution in [1.82, 2.24) is 10.3 Å². The number of pyridine rings is 1. The number of amides is 1. The van der Waals surface area contributed by atoms with Crippen LogP contribution in [0.2, 0.25) is 10.0 Å². The third kappa shape index (κ3) is 3.90. The summed E-state index contributed by atoms with van der Waals surface area (Å²) in [6, 6.07) is 14.5. The highest BCUT2D eigenvalue weighted by Gasteiger charge is 2.33. The van der Waals surface area contributed by atoms with E-state index in [0.29, 0.717) is 47.6 Å². The summed E-state index contributed by atoms with van der Waals surface area (Å²) >= 11 is 13.5. The molecule has 5 rings (SSSR count). The van der Waals surface area contributed by atoms with Crippen molar-refractivity contribution in [2.75, 3.05) is 11.9 Å². The van der Waals surface area contributed by atoms with Crippen LogP contribution in [-0.4, -0.2) is 23.5 Å². The van der Waals surface area contributed by atoms with Gasteiger partial charge in [-0.25, -0.2) is 9.78 Å². The second kappa shape index (κ2) is 8.91.